The summed E-state index contributed by atoms with van der Waals surface area (Å²) >= 11 is 0. The number of fused-ring (bicyclic) bond motifs is 1. The molecule has 2 rings (SSSR count). The van der Waals surface area contributed by atoms with Crippen LogP contribution in [-0.2, 0) is 7.05 Å². The number of pyridine rings is 1. The van der Waals surface area contributed by atoms with Crippen LogP contribution in [0.2, 0.25) is 0 Å². The van der Waals surface area contributed by atoms with Gasteiger partial charge in [0.05, 0.1) is 6.20 Å². The van der Waals surface area contributed by atoms with Gasteiger partial charge >= 0.3 is 0 Å². The third kappa shape index (κ3) is 1.86. The molecule has 0 aliphatic rings. The van der Waals surface area contributed by atoms with Crippen LogP contribution in [0.15, 0.2) is 18.5 Å². The fourth-order valence-corrected chi connectivity index (χ4v) is 1.15. The number of nitrogens with zero attached hydrogens (tertiary/aromatic N) is 3. The van der Waals surface area contributed by atoms with Crippen molar-refractivity contribution in [3.05, 3.63) is 24.0 Å². The summed E-state index contributed by atoms with van der Waals surface area (Å²) in [5.74, 6) is 0. The molecule has 0 spiro atoms. The van der Waals surface area contributed by atoms with Crippen LogP contribution >= 0.6 is 0 Å². The lowest BCUT2D eigenvalue weighted by molar-refractivity contribution is 0.786. The Bertz CT molecular complexity index is 390. The van der Waals surface area contributed by atoms with E-state index in [9.17, 15) is 0 Å². The Morgan fingerprint density at radius 1 is 1.23 bits per heavy atom. The quantitative estimate of drug-likeness (QED) is 0.618. The maximum absolute atomic E-state index is 4.24. The molecule has 70 valence electrons. The summed E-state index contributed by atoms with van der Waals surface area (Å²) in [5, 5.41) is 5.20. The van der Waals surface area contributed by atoms with Crippen LogP contribution in [0.3, 0.4) is 0 Å². The number of hydrogen-bond donors (Lipinski definition) is 0. The van der Waals surface area contributed by atoms with Crippen molar-refractivity contribution in [3.63, 3.8) is 0 Å². The Labute approximate surface area is 78.4 Å². The van der Waals surface area contributed by atoms with E-state index in [0.29, 0.717) is 0 Å². The smallest absolute Gasteiger partial charge is 0.157 e. The normalized spacial score (nSPS) is 9.54. The van der Waals surface area contributed by atoms with Crippen LogP contribution in [0.1, 0.15) is 19.4 Å². The summed E-state index contributed by atoms with van der Waals surface area (Å²) < 4.78 is 1.77. The number of aryl methyl sites for hydroxylation is 2. The van der Waals surface area contributed by atoms with Crippen molar-refractivity contribution in [1.29, 1.82) is 0 Å². The molecule has 0 aliphatic heterocycles. The molecule has 0 aliphatic carbocycles. The summed E-state index contributed by atoms with van der Waals surface area (Å²) in [4.78, 5) is 4.24. The van der Waals surface area contributed by atoms with Crippen molar-refractivity contribution in [1.82, 2.24) is 14.8 Å². The molecule has 0 N–H and O–H groups in total. The Kier molecular flexibility index (Phi) is 3.01. The van der Waals surface area contributed by atoms with Gasteiger partial charge in [-0.05, 0) is 18.6 Å². The predicted molar refractivity (Wildman–Crippen MR) is 54.6 cm³/mol. The zero-order chi connectivity index (χ0) is 9.84. The van der Waals surface area contributed by atoms with E-state index in [1.807, 2.05) is 40.2 Å². The molecule has 2 heterocycles. The molecule has 0 radical (unpaired) electrons. The first-order valence-corrected chi connectivity index (χ1v) is 4.52. The monoisotopic (exact) mass is 177 g/mol. The molecule has 2 aromatic rings. The van der Waals surface area contributed by atoms with Crippen molar-refractivity contribution in [2.75, 3.05) is 0 Å². The van der Waals surface area contributed by atoms with Gasteiger partial charge < -0.3 is 0 Å². The standard InChI is InChI=1S/C8H9N3.C2H6/c1-6-3-7-5-10-11(2)8(7)9-4-6;1-2/h3-5H,1-2H3;1-2H3. The van der Waals surface area contributed by atoms with Crippen molar-refractivity contribution in [3.8, 4) is 0 Å². The average Bonchev–Trinajstić information content (AvgIpc) is 2.51. The second-order valence-electron chi connectivity index (χ2n) is 2.69. The third-order valence-corrected chi connectivity index (χ3v) is 1.71. The third-order valence-electron chi connectivity index (χ3n) is 1.71. The van der Waals surface area contributed by atoms with Crippen molar-refractivity contribution in [2.45, 2.75) is 20.8 Å². The lowest BCUT2D eigenvalue weighted by Crippen LogP contribution is -1.90. The fraction of sp³-hybridized carbons (Fsp3) is 0.400. The van der Waals surface area contributed by atoms with Crippen LogP contribution in [0.4, 0.5) is 0 Å². The average molecular weight is 177 g/mol. The molecule has 3 heteroatoms. The van der Waals surface area contributed by atoms with Crippen LogP contribution in [0.5, 0.6) is 0 Å². The minimum Gasteiger partial charge on any atom is -0.250 e. The first kappa shape index (κ1) is 9.71. The molecule has 0 aromatic carbocycles. The van der Waals surface area contributed by atoms with E-state index in [2.05, 4.69) is 16.1 Å². The van der Waals surface area contributed by atoms with Crippen molar-refractivity contribution in [2.24, 2.45) is 7.05 Å². The highest BCUT2D eigenvalue weighted by Crippen LogP contribution is 2.10. The van der Waals surface area contributed by atoms with Crippen LogP contribution in [0, 0.1) is 6.92 Å². The second kappa shape index (κ2) is 4.03. The number of hydrogen-bond acceptors (Lipinski definition) is 2. The van der Waals surface area contributed by atoms with Crippen molar-refractivity contribution >= 4 is 11.0 Å². The van der Waals surface area contributed by atoms with E-state index in [1.165, 1.54) is 5.56 Å². The molecular weight excluding hydrogens is 162 g/mol. The van der Waals surface area contributed by atoms with Crippen LogP contribution < -0.4 is 0 Å². The first-order chi connectivity index (χ1) is 6.27. The number of aromatic nitrogens is 3. The fourth-order valence-electron chi connectivity index (χ4n) is 1.15. The summed E-state index contributed by atoms with van der Waals surface area (Å²) in [6, 6.07) is 2.08. The molecule has 0 saturated heterocycles. The first-order valence-electron chi connectivity index (χ1n) is 4.52. The molecule has 0 saturated carbocycles. The van der Waals surface area contributed by atoms with Crippen molar-refractivity contribution < 1.29 is 0 Å². The Morgan fingerprint density at radius 2 is 1.92 bits per heavy atom. The van der Waals surface area contributed by atoms with Crippen LogP contribution in [0.25, 0.3) is 11.0 Å². The van der Waals surface area contributed by atoms with Crippen LogP contribution in [-0.4, -0.2) is 14.8 Å². The zero-order valence-electron chi connectivity index (χ0n) is 8.57. The molecule has 3 nitrogen and oxygen atoms in total. The maximum atomic E-state index is 4.24. The van der Waals surface area contributed by atoms with E-state index in [4.69, 9.17) is 0 Å². The van der Waals surface area contributed by atoms with E-state index in [0.717, 1.165) is 11.0 Å². The van der Waals surface area contributed by atoms with E-state index >= 15 is 0 Å². The van der Waals surface area contributed by atoms with Gasteiger partial charge in [0, 0.05) is 18.6 Å². The minimum absolute atomic E-state index is 0.940. The molecule has 0 bridgehead atoms. The highest BCUT2D eigenvalue weighted by Gasteiger charge is 1.98. The summed E-state index contributed by atoms with van der Waals surface area (Å²) in [5.41, 5.74) is 2.11. The zero-order valence-corrected chi connectivity index (χ0v) is 8.57. The molecular formula is C10H15N3. The lowest BCUT2D eigenvalue weighted by atomic mass is 10.3. The molecule has 2 aromatic heterocycles. The highest BCUT2D eigenvalue weighted by molar-refractivity contribution is 5.74. The van der Waals surface area contributed by atoms with Gasteiger partial charge in [0.25, 0.3) is 0 Å². The predicted octanol–water partition coefficient (Wildman–Crippen LogP) is 2.30. The van der Waals surface area contributed by atoms with E-state index in [-0.39, 0.29) is 0 Å². The molecule has 0 fully saturated rings. The highest BCUT2D eigenvalue weighted by atomic mass is 15.3. The van der Waals surface area contributed by atoms with E-state index in [1.54, 1.807) is 4.68 Å². The van der Waals surface area contributed by atoms with Gasteiger partial charge in [-0.2, -0.15) is 5.10 Å². The molecule has 0 unspecified atom stereocenters. The molecule has 0 atom stereocenters. The molecule has 0 amide bonds. The van der Waals surface area contributed by atoms with Gasteiger partial charge in [0.2, 0.25) is 0 Å². The summed E-state index contributed by atoms with van der Waals surface area (Å²) in [6.45, 7) is 6.03. The largest absolute Gasteiger partial charge is 0.250 e. The van der Waals surface area contributed by atoms with Gasteiger partial charge in [-0.15, -0.1) is 0 Å². The SMILES string of the molecule is CC.Cc1cnc2c(cnn2C)c1. The Morgan fingerprint density at radius 3 is 2.62 bits per heavy atom. The lowest BCUT2D eigenvalue weighted by Gasteiger charge is -1.92. The summed E-state index contributed by atoms with van der Waals surface area (Å²) in [7, 11) is 1.89. The molecule has 13 heavy (non-hydrogen) atoms. The minimum atomic E-state index is 0.940. The van der Waals surface area contributed by atoms with E-state index < -0.39 is 0 Å². The maximum Gasteiger partial charge on any atom is 0.157 e. The van der Waals surface area contributed by atoms with Gasteiger partial charge in [-0.1, -0.05) is 13.8 Å². The summed E-state index contributed by atoms with van der Waals surface area (Å²) in [6.07, 6.45) is 3.68. The topological polar surface area (TPSA) is 30.7 Å². The van der Waals surface area contributed by atoms with Gasteiger partial charge in [0.1, 0.15) is 0 Å². The van der Waals surface area contributed by atoms with Gasteiger partial charge in [-0.25, -0.2) is 4.98 Å². The number of rotatable bonds is 0. The second-order valence-corrected chi connectivity index (χ2v) is 2.69. The van der Waals surface area contributed by atoms with Gasteiger partial charge in [0.15, 0.2) is 5.65 Å². The Balaban J connectivity index is 0.000000396. The van der Waals surface area contributed by atoms with Gasteiger partial charge in [-0.3, -0.25) is 4.68 Å². The Hall–Kier alpha value is -1.38.